The standard InChI is InChI=1S/C26H24N2O6.C2HF3O2/c1-33-21-13-18-19(14-22(21)34-2)24(27-15-20(18)26(31)32)25(30)17-7-5-6-16(12-17)8-9-23(29)28-10-3-4-11-28;3-2(4,5)1(6)7/h5-9,12-15H,3-4,10-11H2,1-2H3,(H,31,32);(H,6,7). The van der Waals surface area contributed by atoms with E-state index in [0.717, 1.165) is 25.9 Å². The third-order valence-corrected chi connectivity index (χ3v) is 6.06. The number of amides is 1. The van der Waals surface area contributed by atoms with Crippen LogP contribution in [0, 0.1) is 0 Å². The van der Waals surface area contributed by atoms with Gasteiger partial charge in [-0.25, -0.2) is 9.59 Å². The molecule has 1 aliphatic heterocycles. The van der Waals surface area contributed by atoms with Crippen LogP contribution < -0.4 is 9.47 Å². The summed E-state index contributed by atoms with van der Waals surface area (Å²) < 4.78 is 42.4. The van der Waals surface area contributed by atoms with Crippen molar-refractivity contribution in [1.82, 2.24) is 9.88 Å². The summed E-state index contributed by atoms with van der Waals surface area (Å²) in [7, 11) is 2.91. The highest BCUT2D eigenvalue weighted by Gasteiger charge is 2.38. The topological polar surface area (TPSA) is 143 Å². The Kier molecular flexibility index (Phi) is 9.66. The van der Waals surface area contributed by atoms with E-state index in [4.69, 9.17) is 19.4 Å². The maximum absolute atomic E-state index is 13.4. The Labute approximate surface area is 231 Å². The Balaban J connectivity index is 0.000000587. The van der Waals surface area contributed by atoms with Crippen molar-refractivity contribution >= 4 is 40.5 Å². The van der Waals surface area contributed by atoms with Crippen LogP contribution in [0.15, 0.2) is 48.7 Å². The normalized spacial score (nSPS) is 13.0. The van der Waals surface area contributed by atoms with Crippen molar-refractivity contribution in [3.8, 4) is 11.5 Å². The molecule has 216 valence electrons. The highest BCUT2D eigenvalue weighted by molar-refractivity contribution is 6.18. The first-order valence-corrected chi connectivity index (χ1v) is 12.1. The van der Waals surface area contributed by atoms with E-state index in [9.17, 15) is 32.7 Å². The number of hydrogen-bond donors (Lipinski definition) is 2. The predicted molar refractivity (Wildman–Crippen MR) is 140 cm³/mol. The lowest BCUT2D eigenvalue weighted by Gasteiger charge is -2.13. The van der Waals surface area contributed by atoms with Crippen LogP contribution in [0.2, 0.25) is 0 Å². The van der Waals surface area contributed by atoms with Crippen LogP contribution >= 0.6 is 0 Å². The monoisotopic (exact) mass is 574 g/mol. The minimum atomic E-state index is -5.08. The van der Waals surface area contributed by atoms with Gasteiger partial charge in [-0.15, -0.1) is 0 Å². The quantitative estimate of drug-likeness (QED) is 0.309. The van der Waals surface area contributed by atoms with Gasteiger partial charge in [-0.3, -0.25) is 14.6 Å². The summed E-state index contributed by atoms with van der Waals surface area (Å²) in [5.74, 6) is -3.66. The Morgan fingerprint density at radius 3 is 2.07 bits per heavy atom. The number of carbonyl (C=O) groups is 4. The number of carbonyl (C=O) groups excluding carboxylic acids is 2. The lowest BCUT2D eigenvalue weighted by molar-refractivity contribution is -0.192. The molecule has 2 aromatic carbocycles. The van der Waals surface area contributed by atoms with Crippen molar-refractivity contribution in [1.29, 1.82) is 0 Å². The number of aliphatic carboxylic acids is 1. The van der Waals surface area contributed by atoms with Gasteiger partial charge in [0, 0.05) is 41.7 Å². The fraction of sp³-hybridized carbons (Fsp3) is 0.250. The summed E-state index contributed by atoms with van der Waals surface area (Å²) in [6.45, 7) is 1.53. The number of rotatable bonds is 7. The summed E-state index contributed by atoms with van der Waals surface area (Å²) in [5, 5.41) is 17.4. The van der Waals surface area contributed by atoms with Crippen molar-refractivity contribution < 1.29 is 52.0 Å². The zero-order valence-electron chi connectivity index (χ0n) is 21.9. The van der Waals surface area contributed by atoms with Gasteiger partial charge in [0.25, 0.3) is 0 Å². The first kappa shape index (κ1) is 30.6. The summed E-state index contributed by atoms with van der Waals surface area (Å²) in [6, 6.07) is 9.94. The van der Waals surface area contributed by atoms with Crippen molar-refractivity contribution in [3.05, 3.63) is 71.1 Å². The van der Waals surface area contributed by atoms with Gasteiger partial charge in [0.15, 0.2) is 11.5 Å². The van der Waals surface area contributed by atoms with E-state index < -0.39 is 18.1 Å². The zero-order valence-corrected chi connectivity index (χ0v) is 21.9. The molecule has 2 N–H and O–H groups in total. The zero-order chi connectivity index (χ0) is 30.3. The van der Waals surface area contributed by atoms with E-state index >= 15 is 0 Å². The van der Waals surface area contributed by atoms with Gasteiger partial charge in [0.2, 0.25) is 11.7 Å². The Bertz CT molecular complexity index is 1510. The van der Waals surface area contributed by atoms with Gasteiger partial charge >= 0.3 is 18.1 Å². The first-order valence-electron chi connectivity index (χ1n) is 12.1. The maximum atomic E-state index is 13.4. The highest BCUT2D eigenvalue weighted by Crippen LogP contribution is 2.35. The van der Waals surface area contributed by atoms with Gasteiger partial charge in [-0.2, -0.15) is 13.2 Å². The van der Waals surface area contributed by atoms with E-state index in [1.165, 1.54) is 32.6 Å². The molecule has 13 heteroatoms. The SMILES string of the molecule is COc1cc2c(C(=O)O)cnc(C(=O)c3cccc(C=CC(=O)N4CCCC4)c3)c2cc1OC.O=C(O)C(F)(F)F. The van der Waals surface area contributed by atoms with E-state index in [2.05, 4.69) is 4.98 Å². The number of nitrogens with zero attached hydrogens (tertiary/aromatic N) is 2. The van der Waals surface area contributed by atoms with Crippen LogP contribution in [0.3, 0.4) is 0 Å². The molecule has 10 nitrogen and oxygen atoms in total. The molecule has 0 bridgehead atoms. The van der Waals surface area contributed by atoms with E-state index in [1.54, 1.807) is 41.3 Å². The minimum Gasteiger partial charge on any atom is -0.493 e. The average Bonchev–Trinajstić information content (AvgIpc) is 3.49. The van der Waals surface area contributed by atoms with Crippen molar-refractivity contribution in [2.75, 3.05) is 27.3 Å². The van der Waals surface area contributed by atoms with Gasteiger partial charge in [-0.1, -0.05) is 18.2 Å². The molecule has 0 radical (unpaired) electrons. The largest absolute Gasteiger partial charge is 0.493 e. The molecule has 1 aliphatic rings. The van der Waals surface area contributed by atoms with Gasteiger partial charge < -0.3 is 24.6 Å². The molecule has 0 aliphatic carbocycles. The van der Waals surface area contributed by atoms with E-state index in [-0.39, 0.29) is 22.9 Å². The number of ether oxygens (including phenoxy) is 2. The number of carboxylic acid groups (broad SMARTS) is 2. The average molecular weight is 575 g/mol. The molecule has 1 fully saturated rings. The molecule has 0 atom stereocenters. The maximum Gasteiger partial charge on any atom is 0.490 e. The molecule has 1 amide bonds. The summed E-state index contributed by atoms with van der Waals surface area (Å²) >= 11 is 0. The van der Waals surface area contributed by atoms with Gasteiger partial charge in [0.1, 0.15) is 5.69 Å². The number of aromatic carboxylic acids is 1. The molecule has 0 unspecified atom stereocenters. The predicted octanol–water partition coefficient (Wildman–Crippen LogP) is 4.45. The number of likely N-dealkylation sites (tertiary alicyclic amines) is 1. The summed E-state index contributed by atoms with van der Waals surface area (Å²) in [5.41, 5.74) is 1.10. The first-order chi connectivity index (χ1) is 19.4. The fourth-order valence-electron chi connectivity index (χ4n) is 4.05. The van der Waals surface area contributed by atoms with Crippen LogP contribution in [0.1, 0.15) is 44.8 Å². The fourth-order valence-corrected chi connectivity index (χ4v) is 4.05. The van der Waals surface area contributed by atoms with E-state index in [1.807, 2.05) is 0 Å². The smallest absolute Gasteiger partial charge is 0.490 e. The number of carboxylic acids is 2. The third-order valence-electron chi connectivity index (χ3n) is 6.06. The second-order valence-corrected chi connectivity index (χ2v) is 8.70. The lowest BCUT2D eigenvalue weighted by Crippen LogP contribution is -2.25. The van der Waals surface area contributed by atoms with Gasteiger partial charge in [-0.05, 0) is 42.7 Å². The molecule has 41 heavy (non-hydrogen) atoms. The summed E-state index contributed by atoms with van der Waals surface area (Å²) in [6.07, 6.45) is 1.32. The number of fused-ring (bicyclic) bond motifs is 1. The van der Waals surface area contributed by atoms with Crippen molar-refractivity contribution in [2.45, 2.75) is 19.0 Å². The number of aromatic nitrogens is 1. The number of pyridine rings is 1. The van der Waals surface area contributed by atoms with Crippen LogP contribution in [0.25, 0.3) is 16.8 Å². The number of benzene rings is 2. The molecule has 0 saturated carbocycles. The second kappa shape index (κ2) is 12.9. The third kappa shape index (κ3) is 7.38. The van der Waals surface area contributed by atoms with Crippen LogP contribution in [-0.2, 0) is 9.59 Å². The second-order valence-electron chi connectivity index (χ2n) is 8.70. The lowest BCUT2D eigenvalue weighted by atomic mass is 9.98. The number of alkyl halides is 3. The highest BCUT2D eigenvalue weighted by atomic mass is 19.4. The molecule has 1 saturated heterocycles. The van der Waals surface area contributed by atoms with Crippen molar-refractivity contribution in [3.63, 3.8) is 0 Å². The number of halogens is 3. The van der Waals surface area contributed by atoms with Crippen LogP contribution in [-0.4, -0.2) is 77.2 Å². The Morgan fingerprint density at radius 1 is 0.951 bits per heavy atom. The molecule has 0 spiro atoms. The summed E-state index contributed by atoms with van der Waals surface area (Å²) in [4.78, 5) is 52.3. The molecule has 4 rings (SSSR count). The molecule has 2 heterocycles. The number of methoxy groups -OCH3 is 2. The van der Waals surface area contributed by atoms with E-state index in [0.29, 0.717) is 33.4 Å². The van der Waals surface area contributed by atoms with Gasteiger partial charge in [0.05, 0.1) is 19.8 Å². The van der Waals surface area contributed by atoms with Crippen LogP contribution in [0.4, 0.5) is 13.2 Å². The molecule has 3 aromatic rings. The minimum absolute atomic E-state index is 0.0489. The van der Waals surface area contributed by atoms with Crippen LogP contribution in [0.5, 0.6) is 11.5 Å². The Morgan fingerprint density at radius 2 is 1.54 bits per heavy atom. The molecular formula is C28H25F3N2O8. The Hall–Kier alpha value is -4.94. The number of ketones is 1. The molecule has 1 aromatic heterocycles. The number of hydrogen-bond acceptors (Lipinski definition) is 7. The molecular weight excluding hydrogens is 549 g/mol. The van der Waals surface area contributed by atoms with Crippen molar-refractivity contribution in [2.24, 2.45) is 0 Å².